The normalized spacial score (nSPS) is 10.2. The van der Waals surface area contributed by atoms with E-state index in [-0.39, 0.29) is 17.4 Å². The van der Waals surface area contributed by atoms with Crippen LogP contribution in [0.5, 0.6) is 5.75 Å². The Morgan fingerprint density at radius 1 is 0.514 bits per heavy atom. The van der Waals surface area contributed by atoms with Crippen LogP contribution in [0.4, 0.5) is 17.1 Å². The molecule has 4 aromatic rings. The lowest BCUT2D eigenvalue weighted by Gasteiger charge is -2.13. The maximum atomic E-state index is 13.1. The van der Waals surface area contributed by atoms with Crippen molar-refractivity contribution in [1.29, 1.82) is 0 Å². The molecule has 0 fully saturated rings. The number of nitrogens with one attached hydrogen (secondary N) is 3. The van der Waals surface area contributed by atoms with E-state index in [2.05, 4.69) is 16.0 Å². The highest BCUT2D eigenvalue weighted by atomic mass is 16.5. The molecule has 0 unspecified atom stereocenters. The van der Waals surface area contributed by atoms with Crippen LogP contribution < -0.4 is 20.7 Å². The van der Waals surface area contributed by atoms with Gasteiger partial charge in [-0.25, -0.2) is 0 Å². The minimum absolute atomic E-state index is 0.252. The Balaban J connectivity index is 1.62. The van der Waals surface area contributed by atoms with Crippen molar-refractivity contribution in [3.63, 3.8) is 0 Å². The lowest BCUT2D eigenvalue weighted by Crippen LogP contribution is -2.17. The van der Waals surface area contributed by atoms with Gasteiger partial charge in [0, 0.05) is 39.8 Å². The fraction of sp³-hybridized carbons (Fsp3) is 0.0357. The average molecular weight is 466 g/mol. The first kappa shape index (κ1) is 23.3. The Kier molecular flexibility index (Phi) is 7.18. The van der Waals surface area contributed by atoms with Crippen LogP contribution >= 0.6 is 0 Å². The monoisotopic (exact) mass is 465 g/mol. The van der Waals surface area contributed by atoms with Gasteiger partial charge in [0.05, 0.1) is 7.11 Å². The first-order valence-corrected chi connectivity index (χ1v) is 10.8. The molecule has 174 valence electrons. The van der Waals surface area contributed by atoms with E-state index in [1.54, 1.807) is 98.1 Å². The zero-order chi connectivity index (χ0) is 24.6. The predicted octanol–water partition coefficient (Wildman–Crippen LogP) is 5.45. The summed E-state index contributed by atoms with van der Waals surface area (Å²) in [5, 5.41) is 8.41. The lowest BCUT2D eigenvalue weighted by molar-refractivity contribution is 0.101. The molecule has 0 aliphatic carbocycles. The molecule has 0 aromatic heterocycles. The minimum Gasteiger partial charge on any atom is -0.497 e. The molecule has 0 aliphatic heterocycles. The van der Waals surface area contributed by atoms with E-state index in [1.807, 2.05) is 12.1 Å². The van der Waals surface area contributed by atoms with Crippen LogP contribution in [-0.2, 0) is 0 Å². The highest BCUT2D eigenvalue weighted by Gasteiger charge is 2.14. The number of hydrogen-bond donors (Lipinski definition) is 3. The number of carbonyl (C=O) groups excluding carboxylic acids is 3. The lowest BCUT2D eigenvalue weighted by atomic mass is 10.1. The maximum Gasteiger partial charge on any atom is 0.255 e. The summed E-state index contributed by atoms with van der Waals surface area (Å²) in [4.78, 5) is 38.5. The second-order valence-electron chi connectivity index (χ2n) is 7.63. The molecule has 7 nitrogen and oxygen atoms in total. The van der Waals surface area contributed by atoms with Gasteiger partial charge in [-0.05, 0) is 54.6 Å². The van der Waals surface area contributed by atoms with E-state index < -0.39 is 5.91 Å². The fourth-order valence-electron chi connectivity index (χ4n) is 3.39. The second-order valence-corrected chi connectivity index (χ2v) is 7.63. The van der Waals surface area contributed by atoms with Gasteiger partial charge in [0.1, 0.15) is 5.75 Å². The predicted molar refractivity (Wildman–Crippen MR) is 136 cm³/mol. The first-order valence-electron chi connectivity index (χ1n) is 10.8. The molecular weight excluding hydrogens is 442 g/mol. The van der Waals surface area contributed by atoms with E-state index in [9.17, 15) is 14.4 Å². The summed E-state index contributed by atoms with van der Waals surface area (Å²) in [6, 6.07) is 29.1. The van der Waals surface area contributed by atoms with Gasteiger partial charge in [-0.2, -0.15) is 0 Å². The van der Waals surface area contributed by atoms with Crippen LogP contribution in [0.15, 0.2) is 103 Å². The molecule has 4 rings (SSSR count). The van der Waals surface area contributed by atoms with E-state index in [0.29, 0.717) is 33.9 Å². The Hall–Kier alpha value is -4.91. The largest absolute Gasteiger partial charge is 0.497 e. The summed E-state index contributed by atoms with van der Waals surface area (Å²) in [5.74, 6) is -0.487. The number of ether oxygens (including phenoxy) is 1. The van der Waals surface area contributed by atoms with Crippen molar-refractivity contribution >= 4 is 34.8 Å². The molecule has 0 saturated heterocycles. The standard InChI is InChI=1S/C28H23N3O4/c1-35-25-14-8-13-22(18-25)29-28(34)21-15-23(30-26(32)19-9-4-2-5-10-19)17-24(16-21)31-27(33)20-11-6-3-7-12-20/h2-18H,1H3,(H,29,34)(H,30,32)(H,31,33). The molecule has 0 heterocycles. The molecule has 7 heteroatoms. The number of carbonyl (C=O) groups is 3. The van der Waals surface area contributed by atoms with Crippen molar-refractivity contribution in [2.24, 2.45) is 0 Å². The molecular formula is C28H23N3O4. The molecule has 0 aliphatic rings. The second kappa shape index (κ2) is 10.8. The number of amides is 3. The third-order valence-corrected chi connectivity index (χ3v) is 5.11. The van der Waals surface area contributed by atoms with Crippen LogP contribution in [0.2, 0.25) is 0 Å². The van der Waals surface area contributed by atoms with Gasteiger partial charge < -0.3 is 20.7 Å². The number of hydrogen-bond acceptors (Lipinski definition) is 4. The van der Waals surface area contributed by atoms with Crippen LogP contribution in [0.1, 0.15) is 31.1 Å². The van der Waals surface area contributed by atoms with Crippen molar-refractivity contribution in [2.45, 2.75) is 0 Å². The zero-order valence-electron chi connectivity index (χ0n) is 18.9. The van der Waals surface area contributed by atoms with Crippen molar-refractivity contribution in [3.8, 4) is 5.75 Å². The van der Waals surface area contributed by atoms with Crippen molar-refractivity contribution in [3.05, 3.63) is 120 Å². The highest BCUT2D eigenvalue weighted by molar-refractivity contribution is 6.10. The number of benzene rings is 4. The molecule has 0 atom stereocenters. The summed E-state index contributed by atoms with van der Waals surface area (Å²) in [6.45, 7) is 0. The van der Waals surface area contributed by atoms with Crippen LogP contribution in [0.25, 0.3) is 0 Å². The van der Waals surface area contributed by atoms with Crippen molar-refractivity contribution in [2.75, 3.05) is 23.1 Å². The van der Waals surface area contributed by atoms with E-state index in [4.69, 9.17) is 4.74 Å². The SMILES string of the molecule is COc1cccc(NC(=O)c2cc(NC(=O)c3ccccc3)cc(NC(=O)c3ccccc3)c2)c1. The Morgan fingerprint density at radius 2 is 1.00 bits per heavy atom. The van der Waals surface area contributed by atoms with E-state index in [1.165, 1.54) is 0 Å². The quantitative estimate of drug-likeness (QED) is 0.338. The molecule has 3 amide bonds. The summed E-state index contributed by atoms with van der Waals surface area (Å²) in [6.07, 6.45) is 0. The van der Waals surface area contributed by atoms with Crippen molar-refractivity contribution in [1.82, 2.24) is 0 Å². The van der Waals surface area contributed by atoms with Crippen LogP contribution in [0, 0.1) is 0 Å². The summed E-state index contributed by atoms with van der Waals surface area (Å²) in [7, 11) is 1.54. The first-order chi connectivity index (χ1) is 17.0. The van der Waals surface area contributed by atoms with Gasteiger partial charge in [-0.3, -0.25) is 14.4 Å². The summed E-state index contributed by atoms with van der Waals surface area (Å²) >= 11 is 0. The van der Waals surface area contributed by atoms with Crippen LogP contribution in [0.3, 0.4) is 0 Å². The van der Waals surface area contributed by atoms with Gasteiger partial charge in [-0.1, -0.05) is 42.5 Å². The smallest absolute Gasteiger partial charge is 0.255 e. The van der Waals surface area contributed by atoms with Crippen LogP contribution in [-0.4, -0.2) is 24.8 Å². The molecule has 35 heavy (non-hydrogen) atoms. The number of rotatable bonds is 7. The Bertz CT molecular complexity index is 1280. The number of methoxy groups -OCH3 is 1. The average Bonchev–Trinajstić information content (AvgIpc) is 2.89. The molecule has 3 N–H and O–H groups in total. The Morgan fingerprint density at radius 3 is 1.51 bits per heavy atom. The molecule has 0 bridgehead atoms. The minimum atomic E-state index is -0.413. The van der Waals surface area contributed by atoms with Gasteiger partial charge in [0.25, 0.3) is 17.7 Å². The van der Waals surface area contributed by atoms with E-state index >= 15 is 0 Å². The maximum absolute atomic E-state index is 13.1. The molecule has 0 radical (unpaired) electrons. The fourth-order valence-corrected chi connectivity index (χ4v) is 3.39. The molecule has 0 spiro atoms. The Labute approximate surface area is 202 Å². The van der Waals surface area contributed by atoms with E-state index in [0.717, 1.165) is 0 Å². The molecule has 4 aromatic carbocycles. The number of anilines is 3. The zero-order valence-corrected chi connectivity index (χ0v) is 18.9. The van der Waals surface area contributed by atoms with Crippen molar-refractivity contribution < 1.29 is 19.1 Å². The van der Waals surface area contributed by atoms with Gasteiger partial charge in [0.2, 0.25) is 0 Å². The van der Waals surface area contributed by atoms with Gasteiger partial charge >= 0.3 is 0 Å². The third kappa shape index (κ3) is 6.11. The molecule has 0 saturated carbocycles. The third-order valence-electron chi connectivity index (χ3n) is 5.11. The van der Waals surface area contributed by atoms with Gasteiger partial charge in [0.15, 0.2) is 0 Å². The van der Waals surface area contributed by atoms with Gasteiger partial charge in [-0.15, -0.1) is 0 Å². The highest BCUT2D eigenvalue weighted by Crippen LogP contribution is 2.23. The topological polar surface area (TPSA) is 96.5 Å². The summed E-state index contributed by atoms with van der Waals surface area (Å²) in [5.41, 5.74) is 2.45. The summed E-state index contributed by atoms with van der Waals surface area (Å²) < 4.78 is 5.21.